The van der Waals surface area contributed by atoms with Gasteiger partial charge in [-0.3, -0.25) is 9.88 Å². The van der Waals surface area contributed by atoms with Crippen LogP contribution in [-0.2, 0) is 6.54 Å². The van der Waals surface area contributed by atoms with Crippen LogP contribution in [0, 0.1) is 6.92 Å². The molecule has 1 saturated heterocycles. The lowest BCUT2D eigenvalue weighted by Gasteiger charge is -2.24. The minimum atomic E-state index is 0.328. The number of hydrogen-bond donors (Lipinski definition) is 1. The number of hydrogen-bond acceptors (Lipinski definition) is 4. The molecule has 0 spiro atoms. The smallest absolute Gasteiger partial charge is 0.157 e. The van der Waals surface area contributed by atoms with Gasteiger partial charge in [0.2, 0.25) is 0 Å². The summed E-state index contributed by atoms with van der Waals surface area (Å²) < 4.78 is 0. The molecule has 0 bridgehead atoms. The van der Waals surface area contributed by atoms with E-state index in [-0.39, 0.29) is 0 Å². The monoisotopic (exact) mass is 319 g/mol. The third-order valence-corrected chi connectivity index (χ3v) is 4.53. The zero-order chi connectivity index (χ0) is 16.4. The van der Waals surface area contributed by atoms with Gasteiger partial charge in [-0.25, -0.2) is 9.97 Å². The van der Waals surface area contributed by atoms with Crippen LogP contribution < -0.4 is 0 Å². The number of rotatable bonds is 4. The number of imidazole rings is 1. The lowest BCUT2D eigenvalue weighted by atomic mass is 10.1. The van der Waals surface area contributed by atoms with Crippen LogP contribution in [0.15, 0.2) is 48.9 Å². The summed E-state index contributed by atoms with van der Waals surface area (Å²) in [6, 6.07) is 11.0. The van der Waals surface area contributed by atoms with Crippen molar-refractivity contribution in [2.24, 2.45) is 0 Å². The van der Waals surface area contributed by atoms with Crippen LogP contribution in [0.2, 0.25) is 0 Å². The van der Waals surface area contributed by atoms with Gasteiger partial charge in [0.25, 0.3) is 0 Å². The summed E-state index contributed by atoms with van der Waals surface area (Å²) in [7, 11) is 0. The average molecular weight is 319 g/mol. The van der Waals surface area contributed by atoms with Gasteiger partial charge in [-0.1, -0.05) is 30.3 Å². The Balaban J connectivity index is 1.58. The fraction of sp³-hybridized carbons (Fsp3) is 0.316. The molecule has 4 rings (SSSR count). The van der Waals surface area contributed by atoms with Crippen molar-refractivity contribution in [1.29, 1.82) is 0 Å². The van der Waals surface area contributed by atoms with Crippen molar-refractivity contribution in [3.63, 3.8) is 0 Å². The van der Waals surface area contributed by atoms with Gasteiger partial charge in [-0.05, 0) is 31.9 Å². The van der Waals surface area contributed by atoms with E-state index >= 15 is 0 Å². The molecule has 3 heterocycles. The highest BCUT2D eigenvalue weighted by Crippen LogP contribution is 2.32. The molecule has 0 unspecified atom stereocenters. The van der Waals surface area contributed by atoms with Gasteiger partial charge in [0.15, 0.2) is 5.82 Å². The molecule has 0 amide bonds. The molecule has 1 N–H and O–H groups in total. The Labute approximate surface area is 141 Å². The van der Waals surface area contributed by atoms with Crippen molar-refractivity contribution in [3.8, 4) is 11.5 Å². The number of H-pyrrole nitrogens is 1. The van der Waals surface area contributed by atoms with Crippen LogP contribution in [-0.4, -0.2) is 31.4 Å². The zero-order valence-electron chi connectivity index (χ0n) is 13.8. The fourth-order valence-corrected chi connectivity index (χ4v) is 3.37. The van der Waals surface area contributed by atoms with Crippen molar-refractivity contribution in [1.82, 2.24) is 24.8 Å². The molecule has 1 fully saturated rings. The first kappa shape index (κ1) is 15.0. The molecular weight excluding hydrogens is 298 g/mol. The Hall–Kier alpha value is -2.53. The standard InChI is InChI=1S/C19H21N5/c1-14-10-21-19(22-14)17-12-20-11-16(23-17)18-8-5-9-24(18)13-15-6-3-2-4-7-15/h2-4,6-7,10-12,18H,5,8-9,13H2,1H3,(H,21,22)/t18-/m0/s1. The zero-order valence-corrected chi connectivity index (χ0v) is 13.8. The summed E-state index contributed by atoms with van der Waals surface area (Å²) in [4.78, 5) is 19.3. The SMILES string of the molecule is Cc1cnc(-c2cncc([C@@H]3CCCN3Cc3ccccc3)n2)[nH]1. The largest absolute Gasteiger partial charge is 0.341 e. The molecular formula is C19H21N5. The first-order valence-electron chi connectivity index (χ1n) is 8.41. The molecule has 0 radical (unpaired) electrons. The van der Waals surface area contributed by atoms with Gasteiger partial charge in [0.05, 0.1) is 24.1 Å². The molecule has 5 heteroatoms. The van der Waals surface area contributed by atoms with Crippen molar-refractivity contribution in [3.05, 3.63) is 65.9 Å². The van der Waals surface area contributed by atoms with Gasteiger partial charge in [-0.2, -0.15) is 0 Å². The van der Waals surface area contributed by atoms with E-state index in [9.17, 15) is 0 Å². The molecule has 0 saturated carbocycles. The molecule has 1 aliphatic heterocycles. The number of nitrogens with one attached hydrogen (secondary N) is 1. The highest BCUT2D eigenvalue weighted by atomic mass is 15.2. The van der Waals surface area contributed by atoms with E-state index in [1.165, 1.54) is 12.0 Å². The van der Waals surface area contributed by atoms with Crippen molar-refractivity contribution >= 4 is 0 Å². The van der Waals surface area contributed by atoms with Crippen LogP contribution in [0.5, 0.6) is 0 Å². The third kappa shape index (κ3) is 3.08. The van der Waals surface area contributed by atoms with E-state index in [4.69, 9.17) is 4.98 Å². The predicted octanol–water partition coefficient (Wildman–Crippen LogP) is 3.51. The first-order chi connectivity index (χ1) is 11.8. The van der Waals surface area contributed by atoms with E-state index < -0.39 is 0 Å². The van der Waals surface area contributed by atoms with Crippen molar-refractivity contribution in [2.45, 2.75) is 32.4 Å². The van der Waals surface area contributed by atoms with Crippen molar-refractivity contribution in [2.75, 3.05) is 6.54 Å². The number of likely N-dealkylation sites (tertiary alicyclic amines) is 1. The van der Waals surface area contributed by atoms with Gasteiger partial charge < -0.3 is 4.98 Å². The molecule has 2 aromatic heterocycles. The third-order valence-electron chi connectivity index (χ3n) is 4.53. The lowest BCUT2D eigenvalue weighted by molar-refractivity contribution is 0.244. The summed E-state index contributed by atoms with van der Waals surface area (Å²) in [6.07, 6.45) is 7.82. The fourth-order valence-electron chi connectivity index (χ4n) is 3.37. The Morgan fingerprint density at radius 1 is 1.17 bits per heavy atom. The molecule has 1 aromatic carbocycles. The second-order valence-electron chi connectivity index (χ2n) is 6.36. The van der Waals surface area contributed by atoms with Crippen LogP contribution >= 0.6 is 0 Å². The van der Waals surface area contributed by atoms with Crippen LogP contribution in [0.4, 0.5) is 0 Å². The molecule has 122 valence electrons. The van der Waals surface area contributed by atoms with Gasteiger partial charge in [0.1, 0.15) is 5.69 Å². The first-order valence-corrected chi connectivity index (χ1v) is 8.41. The Bertz CT molecular complexity index is 811. The summed E-state index contributed by atoms with van der Waals surface area (Å²) in [5.74, 6) is 0.787. The average Bonchev–Trinajstić information content (AvgIpc) is 3.25. The normalized spacial score (nSPS) is 18.1. The van der Waals surface area contributed by atoms with Crippen molar-refractivity contribution < 1.29 is 0 Å². The van der Waals surface area contributed by atoms with Crippen LogP contribution in [0.25, 0.3) is 11.5 Å². The maximum atomic E-state index is 4.83. The van der Waals surface area contributed by atoms with E-state index in [0.29, 0.717) is 6.04 Å². The highest BCUT2D eigenvalue weighted by Gasteiger charge is 2.27. The lowest BCUT2D eigenvalue weighted by Crippen LogP contribution is -2.23. The number of aromatic amines is 1. The summed E-state index contributed by atoms with van der Waals surface area (Å²) in [5, 5.41) is 0. The molecule has 24 heavy (non-hydrogen) atoms. The van der Waals surface area contributed by atoms with E-state index in [1.807, 2.05) is 19.3 Å². The number of benzene rings is 1. The quantitative estimate of drug-likeness (QED) is 0.799. The van der Waals surface area contributed by atoms with E-state index in [2.05, 4.69) is 50.2 Å². The summed E-state index contributed by atoms with van der Waals surface area (Å²) >= 11 is 0. The van der Waals surface area contributed by atoms with E-state index in [1.54, 1.807) is 6.20 Å². The second-order valence-corrected chi connectivity index (χ2v) is 6.36. The Morgan fingerprint density at radius 2 is 2.04 bits per heavy atom. The van der Waals surface area contributed by atoms with E-state index in [0.717, 1.165) is 42.4 Å². The van der Waals surface area contributed by atoms with Gasteiger partial charge in [-0.15, -0.1) is 0 Å². The maximum Gasteiger partial charge on any atom is 0.157 e. The molecule has 0 aliphatic carbocycles. The summed E-state index contributed by atoms with van der Waals surface area (Å²) in [6.45, 7) is 4.05. The minimum absolute atomic E-state index is 0.328. The number of aryl methyl sites for hydroxylation is 1. The van der Waals surface area contributed by atoms with Crippen LogP contribution in [0.1, 0.15) is 35.8 Å². The van der Waals surface area contributed by atoms with Gasteiger partial charge >= 0.3 is 0 Å². The second kappa shape index (κ2) is 6.53. The predicted molar refractivity (Wildman–Crippen MR) is 93.2 cm³/mol. The molecule has 3 aromatic rings. The molecule has 1 aliphatic rings. The maximum absolute atomic E-state index is 4.83. The minimum Gasteiger partial charge on any atom is -0.341 e. The van der Waals surface area contributed by atoms with Gasteiger partial charge in [0, 0.05) is 18.4 Å². The Kier molecular flexibility index (Phi) is 4.09. The molecule has 1 atom stereocenters. The molecule has 5 nitrogen and oxygen atoms in total. The number of nitrogens with zero attached hydrogens (tertiary/aromatic N) is 4. The summed E-state index contributed by atoms with van der Waals surface area (Å²) in [5.41, 5.74) is 4.22. The highest BCUT2D eigenvalue weighted by molar-refractivity contribution is 5.48. The van der Waals surface area contributed by atoms with Crippen LogP contribution in [0.3, 0.4) is 0 Å². The topological polar surface area (TPSA) is 57.7 Å². The number of aromatic nitrogens is 4. The Morgan fingerprint density at radius 3 is 2.83 bits per heavy atom.